The molecule has 1 aromatic rings. The molecule has 0 bridgehead atoms. The van der Waals surface area contributed by atoms with Crippen LogP contribution < -0.4 is 5.32 Å². The van der Waals surface area contributed by atoms with Gasteiger partial charge in [0.2, 0.25) is 5.79 Å². The van der Waals surface area contributed by atoms with E-state index in [4.69, 9.17) is 19.3 Å². The van der Waals surface area contributed by atoms with E-state index in [1.54, 1.807) is 19.1 Å². The van der Waals surface area contributed by atoms with Crippen molar-refractivity contribution < 1.29 is 24.1 Å². The van der Waals surface area contributed by atoms with Crippen LogP contribution in [0, 0.1) is 0 Å². The van der Waals surface area contributed by atoms with Crippen LogP contribution in [0.3, 0.4) is 0 Å². The Morgan fingerprint density at radius 3 is 2.15 bits per heavy atom. The summed E-state index contributed by atoms with van der Waals surface area (Å²) >= 11 is 0. The molecular formula is C14H21NO5. The van der Waals surface area contributed by atoms with Crippen LogP contribution in [0.15, 0.2) is 30.3 Å². The molecule has 0 fully saturated rings. The van der Waals surface area contributed by atoms with Gasteiger partial charge in [0.05, 0.1) is 0 Å². The fourth-order valence-corrected chi connectivity index (χ4v) is 2.24. The number of carbonyl (C=O) groups is 1. The average Bonchev–Trinajstić information content (AvgIpc) is 2.48. The zero-order valence-electron chi connectivity index (χ0n) is 12.1. The predicted octanol–water partition coefficient (Wildman–Crippen LogP) is 2.02. The number of carboxylic acid groups (broad SMARTS) is 1. The van der Waals surface area contributed by atoms with Crippen molar-refractivity contribution in [1.82, 2.24) is 5.32 Å². The second kappa shape index (κ2) is 7.23. The van der Waals surface area contributed by atoms with Gasteiger partial charge in [0, 0.05) is 21.3 Å². The molecule has 112 valence electrons. The minimum Gasteiger partial charge on any atom is -0.465 e. The third-order valence-corrected chi connectivity index (χ3v) is 3.36. The highest BCUT2D eigenvalue weighted by Crippen LogP contribution is 2.34. The van der Waals surface area contributed by atoms with Gasteiger partial charge < -0.3 is 24.6 Å². The molecule has 0 aliphatic rings. The monoisotopic (exact) mass is 283 g/mol. The fraction of sp³-hybridized carbons (Fsp3) is 0.500. The number of hydrogen-bond acceptors (Lipinski definition) is 4. The molecule has 1 aromatic carbocycles. The summed E-state index contributed by atoms with van der Waals surface area (Å²) in [5.74, 6) is -1.27. The maximum Gasteiger partial charge on any atom is 0.405 e. The topological polar surface area (TPSA) is 77.0 Å². The summed E-state index contributed by atoms with van der Waals surface area (Å²) in [4.78, 5) is 11.1. The van der Waals surface area contributed by atoms with Gasteiger partial charge in [-0.2, -0.15) is 0 Å². The van der Waals surface area contributed by atoms with Crippen molar-refractivity contribution in [1.29, 1.82) is 0 Å². The van der Waals surface area contributed by atoms with Crippen LogP contribution in [0.1, 0.15) is 18.5 Å². The standard InChI is InChI=1S/C14H21NO5/c1-10(18-2)14(19-3,20-4)12(15-13(16)17)11-8-6-5-7-9-11/h5-10,12,15H,1-4H3,(H,16,17). The van der Waals surface area contributed by atoms with E-state index in [-0.39, 0.29) is 0 Å². The Kier molecular flexibility index (Phi) is 5.94. The van der Waals surface area contributed by atoms with Crippen molar-refractivity contribution in [3.63, 3.8) is 0 Å². The molecule has 2 atom stereocenters. The highest BCUT2D eigenvalue weighted by Gasteiger charge is 2.47. The zero-order valence-corrected chi connectivity index (χ0v) is 12.1. The summed E-state index contributed by atoms with van der Waals surface area (Å²) in [5, 5.41) is 11.5. The molecule has 20 heavy (non-hydrogen) atoms. The van der Waals surface area contributed by atoms with E-state index < -0.39 is 24.0 Å². The number of hydrogen-bond donors (Lipinski definition) is 2. The number of amides is 1. The van der Waals surface area contributed by atoms with E-state index in [0.29, 0.717) is 0 Å². The quantitative estimate of drug-likeness (QED) is 0.749. The Morgan fingerprint density at radius 2 is 1.75 bits per heavy atom. The third kappa shape index (κ3) is 3.27. The fourth-order valence-electron chi connectivity index (χ4n) is 2.24. The van der Waals surface area contributed by atoms with Crippen molar-refractivity contribution in [2.75, 3.05) is 21.3 Å². The summed E-state index contributed by atoms with van der Waals surface area (Å²) in [6.07, 6.45) is -1.66. The summed E-state index contributed by atoms with van der Waals surface area (Å²) in [7, 11) is 4.43. The second-order valence-corrected chi connectivity index (χ2v) is 4.30. The Bertz CT molecular complexity index is 419. The van der Waals surface area contributed by atoms with Crippen LogP contribution in [0.5, 0.6) is 0 Å². The van der Waals surface area contributed by atoms with Gasteiger partial charge >= 0.3 is 6.09 Å². The molecule has 0 heterocycles. The summed E-state index contributed by atoms with van der Waals surface area (Å²) in [6, 6.07) is 8.36. The molecule has 0 spiro atoms. The molecule has 2 unspecified atom stereocenters. The third-order valence-electron chi connectivity index (χ3n) is 3.36. The SMILES string of the molecule is COC(C)C(OC)(OC)C(NC(=O)O)c1ccccc1. The van der Waals surface area contributed by atoms with E-state index in [0.717, 1.165) is 5.56 Å². The van der Waals surface area contributed by atoms with Crippen LogP contribution in [0.25, 0.3) is 0 Å². The van der Waals surface area contributed by atoms with Gasteiger partial charge in [-0.3, -0.25) is 0 Å². The molecule has 6 heteroatoms. The largest absolute Gasteiger partial charge is 0.465 e. The van der Waals surface area contributed by atoms with E-state index in [1.807, 2.05) is 18.2 Å². The number of benzene rings is 1. The van der Waals surface area contributed by atoms with Crippen molar-refractivity contribution in [2.45, 2.75) is 24.9 Å². The van der Waals surface area contributed by atoms with Crippen LogP contribution in [-0.2, 0) is 14.2 Å². The van der Waals surface area contributed by atoms with Gasteiger partial charge in [0.1, 0.15) is 12.1 Å². The van der Waals surface area contributed by atoms with E-state index in [1.165, 1.54) is 21.3 Å². The first-order valence-electron chi connectivity index (χ1n) is 6.19. The van der Waals surface area contributed by atoms with Crippen molar-refractivity contribution in [3.8, 4) is 0 Å². The lowest BCUT2D eigenvalue weighted by Gasteiger charge is -2.41. The Balaban J connectivity index is 3.28. The molecule has 0 aliphatic heterocycles. The van der Waals surface area contributed by atoms with Gasteiger partial charge in [0.25, 0.3) is 0 Å². The molecule has 0 radical (unpaired) electrons. The van der Waals surface area contributed by atoms with Crippen molar-refractivity contribution in [2.24, 2.45) is 0 Å². The highest BCUT2D eigenvalue weighted by molar-refractivity contribution is 5.65. The summed E-state index contributed by atoms with van der Waals surface area (Å²) < 4.78 is 16.3. The lowest BCUT2D eigenvalue weighted by Crippen LogP contribution is -2.55. The molecule has 0 aliphatic carbocycles. The number of rotatable bonds is 7. The highest BCUT2D eigenvalue weighted by atomic mass is 16.7. The van der Waals surface area contributed by atoms with Crippen LogP contribution >= 0.6 is 0 Å². The van der Waals surface area contributed by atoms with E-state index in [2.05, 4.69) is 5.32 Å². The number of methoxy groups -OCH3 is 3. The van der Waals surface area contributed by atoms with Crippen LogP contribution in [0.2, 0.25) is 0 Å². The van der Waals surface area contributed by atoms with Gasteiger partial charge in [-0.1, -0.05) is 30.3 Å². The first kappa shape index (κ1) is 16.4. The number of nitrogens with one attached hydrogen (secondary N) is 1. The molecule has 6 nitrogen and oxygen atoms in total. The lowest BCUT2D eigenvalue weighted by atomic mass is 9.94. The zero-order chi connectivity index (χ0) is 15.2. The predicted molar refractivity (Wildman–Crippen MR) is 73.6 cm³/mol. The minimum atomic E-state index is -1.27. The molecule has 0 aromatic heterocycles. The van der Waals surface area contributed by atoms with Crippen molar-refractivity contribution >= 4 is 6.09 Å². The van der Waals surface area contributed by atoms with Gasteiger partial charge in [0.15, 0.2) is 0 Å². The maximum atomic E-state index is 11.1. The van der Waals surface area contributed by atoms with Crippen LogP contribution in [-0.4, -0.2) is 44.4 Å². The van der Waals surface area contributed by atoms with E-state index >= 15 is 0 Å². The minimum absolute atomic E-state index is 0.491. The molecule has 0 saturated heterocycles. The average molecular weight is 283 g/mol. The normalized spacial score (nSPS) is 14.6. The molecule has 0 saturated carbocycles. The van der Waals surface area contributed by atoms with Gasteiger partial charge in [-0.05, 0) is 12.5 Å². The lowest BCUT2D eigenvalue weighted by molar-refractivity contribution is -0.276. The van der Waals surface area contributed by atoms with Crippen LogP contribution in [0.4, 0.5) is 4.79 Å². The second-order valence-electron chi connectivity index (χ2n) is 4.30. The first-order chi connectivity index (χ1) is 9.51. The maximum absolute atomic E-state index is 11.1. The Morgan fingerprint density at radius 1 is 1.20 bits per heavy atom. The smallest absolute Gasteiger partial charge is 0.405 e. The van der Waals surface area contributed by atoms with Crippen molar-refractivity contribution in [3.05, 3.63) is 35.9 Å². The molecule has 1 amide bonds. The molecular weight excluding hydrogens is 262 g/mol. The van der Waals surface area contributed by atoms with Gasteiger partial charge in [-0.15, -0.1) is 0 Å². The van der Waals surface area contributed by atoms with Gasteiger partial charge in [-0.25, -0.2) is 4.79 Å². The Labute approximate surface area is 118 Å². The first-order valence-corrected chi connectivity index (χ1v) is 6.19. The summed E-state index contributed by atoms with van der Waals surface area (Å²) in [5.41, 5.74) is 0.725. The Hall–Kier alpha value is -1.63. The number of ether oxygens (including phenoxy) is 3. The van der Waals surface area contributed by atoms with E-state index in [9.17, 15) is 4.79 Å². The summed E-state index contributed by atoms with van der Waals surface area (Å²) in [6.45, 7) is 1.76. The molecule has 2 N–H and O–H groups in total. The molecule has 1 rings (SSSR count).